The second kappa shape index (κ2) is 10.3. The van der Waals surface area contributed by atoms with Crippen LogP contribution in [0.15, 0.2) is 24.3 Å². The van der Waals surface area contributed by atoms with Crippen molar-refractivity contribution in [3.8, 4) is 0 Å². The molecule has 0 radical (unpaired) electrons. The quantitative estimate of drug-likeness (QED) is 0.721. The summed E-state index contributed by atoms with van der Waals surface area (Å²) >= 11 is 0. The smallest absolute Gasteiger partial charge is 0.321 e. The zero-order chi connectivity index (χ0) is 17.5. The van der Waals surface area contributed by atoms with Crippen molar-refractivity contribution in [2.24, 2.45) is 11.7 Å². The van der Waals surface area contributed by atoms with Gasteiger partial charge >= 0.3 is 6.03 Å². The highest BCUT2D eigenvalue weighted by molar-refractivity contribution is 5.89. The first-order chi connectivity index (χ1) is 11.5. The molecule has 3 amide bonds. The molecule has 0 aliphatic carbocycles. The van der Waals surface area contributed by atoms with Crippen LogP contribution in [0.4, 0.5) is 10.5 Å². The number of halogens is 1. The molecule has 140 valence electrons. The maximum Gasteiger partial charge on any atom is 0.321 e. The highest BCUT2D eigenvalue weighted by Gasteiger charge is 2.18. The molecule has 1 aliphatic heterocycles. The van der Waals surface area contributed by atoms with Crippen LogP contribution in [-0.2, 0) is 11.3 Å². The fourth-order valence-corrected chi connectivity index (χ4v) is 2.82. The lowest BCUT2D eigenvalue weighted by atomic mass is 10.0. The zero-order valence-electron chi connectivity index (χ0n) is 15.0. The number of carbonyl (C=O) groups is 2. The molecule has 1 aromatic carbocycles. The van der Waals surface area contributed by atoms with E-state index in [-0.39, 0.29) is 24.3 Å². The van der Waals surface area contributed by atoms with Crippen molar-refractivity contribution in [2.45, 2.75) is 45.7 Å². The van der Waals surface area contributed by atoms with Crippen molar-refractivity contribution in [1.82, 2.24) is 10.2 Å². The third kappa shape index (κ3) is 6.92. The maximum absolute atomic E-state index is 12.1. The van der Waals surface area contributed by atoms with Crippen LogP contribution < -0.4 is 16.4 Å². The Morgan fingerprint density at radius 1 is 1.24 bits per heavy atom. The first-order valence-corrected chi connectivity index (χ1v) is 8.64. The number of nitrogens with two attached hydrogens (primary N) is 1. The van der Waals surface area contributed by atoms with E-state index in [0.717, 1.165) is 37.2 Å². The van der Waals surface area contributed by atoms with E-state index in [1.54, 1.807) is 0 Å². The third-order valence-electron chi connectivity index (χ3n) is 4.10. The number of nitrogens with zero attached hydrogens (tertiary/aromatic N) is 1. The number of rotatable bonds is 6. The summed E-state index contributed by atoms with van der Waals surface area (Å²) in [6.07, 6.45) is 2.80. The van der Waals surface area contributed by atoms with Gasteiger partial charge in [-0.3, -0.25) is 4.79 Å². The summed E-state index contributed by atoms with van der Waals surface area (Å²) in [4.78, 5) is 25.9. The monoisotopic (exact) mass is 368 g/mol. The number of nitrogens with one attached hydrogen (secondary N) is 2. The number of hydrogen-bond acceptors (Lipinski definition) is 3. The van der Waals surface area contributed by atoms with Gasteiger partial charge in [0.25, 0.3) is 0 Å². The lowest BCUT2D eigenvalue weighted by Gasteiger charge is -2.17. The molecule has 1 saturated heterocycles. The molecule has 0 aromatic heterocycles. The van der Waals surface area contributed by atoms with E-state index in [0.29, 0.717) is 18.9 Å². The van der Waals surface area contributed by atoms with Crippen molar-refractivity contribution < 1.29 is 9.59 Å². The number of urea groups is 1. The van der Waals surface area contributed by atoms with Crippen LogP contribution in [0.2, 0.25) is 0 Å². The van der Waals surface area contributed by atoms with Gasteiger partial charge in [-0.25, -0.2) is 4.79 Å². The van der Waals surface area contributed by atoms with E-state index >= 15 is 0 Å². The predicted molar refractivity (Wildman–Crippen MR) is 103 cm³/mol. The number of hydrogen-bond donors (Lipinski definition) is 3. The van der Waals surface area contributed by atoms with Crippen LogP contribution in [0.25, 0.3) is 0 Å². The molecule has 0 unspecified atom stereocenters. The Bertz CT molecular complexity index is 574. The summed E-state index contributed by atoms with van der Waals surface area (Å²) in [5.74, 6) is 0.241. The SMILES string of the molecule is CC(C)C[C@H](N)C(=O)NCc1cccc(NC(=O)N2CCCC2)c1.Cl. The Kier molecular flexibility index (Phi) is 8.72. The van der Waals surface area contributed by atoms with E-state index in [9.17, 15) is 9.59 Å². The summed E-state index contributed by atoms with van der Waals surface area (Å²) < 4.78 is 0. The first kappa shape index (κ1) is 21.3. The van der Waals surface area contributed by atoms with Gasteiger partial charge in [0.05, 0.1) is 6.04 Å². The Balaban J connectivity index is 0.00000312. The second-order valence-electron chi connectivity index (χ2n) is 6.78. The van der Waals surface area contributed by atoms with Crippen molar-refractivity contribution in [3.63, 3.8) is 0 Å². The molecule has 4 N–H and O–H groups in total. The summed E-state index contributed by atoms with van der Waals surface area (Å²) in [5.41, 5.74) is 7.54. The number of likely N-dealkylation sites (tertiary alicyclic amines) is 1. The van der Waals surface area contributed by atoms with E-state index in [1.165, 1.54) is 0 Å². The maximum atomic E-state index is 12.1. The predicted octanol–water partition coefficient (Wildman–Crippen LogP) is 2.73. The Hall–Kier alpha value is -1.79. The summed E-state index contributed by atoms with van der Waals surface area (Å²) in [5, 5.41) is 5.76. The van der Waals surface area contributed by atoms with Gasteiger partial charge in [0.1, 0.15) is 0 Å². The van der Waals surface area contributed by atoms with Crippen LogP contribution in [0.1, 0.15) is 38.7 Å². The number of anilines is 1. The van der Waals surface area contributed by atoms with Gasteiger partial charge < -0.3 is 21.3 Å². The Morgan fingerprint density at radius 2 is 1.92 bits per heavy atom. The fraction of sp³-hybridized carbons (Fsp3) is 0.556. The van der Waals surface area contributed by atoms with Gasteiger partial charge in [0.2, 0.25) is 5.91 Å². The lowest BCUT2D eigenvalue weighted by Crippen LogP contribution is -2.41. The minimum absolute atomic E-state index is 0. The molecule has 7 heteroatoms. The highest BCUT2D eigenvalue weighted by atomic mass is 35.5. The Labute approximate surface area is 155 Å². The summed E-state index contributed by atoms with van der Waals surface area (Å²) in [7, 11) is 0. The largest absolute Gasteiger partial charge is 0.351 e. The molecule has 1 aliphatic rings. The second-order valence-corrected chi connectivity index (χ2v) is 6.78. The standard InChI is InChI=1S/C18H28N4O2.ClH/c1-13(2)10-16(19)17(23)20-12-14-6-5-7-15(11-14)21-18(24)22-8-3-4-9-22;/h5-7,11,13,16H,3-4,8-10,12,19H2,1-2H3,(H,20,23)(H,21,24);1H/t16-;/m0./s1. The molecule has 1 aromatic rings. The van der Waals surface area contributed by atoms with E-state index in [4.69, 9.17) is 5.73 Å². The van der Waals surface area contributed by atoms with Gasteiger partial charge in [-0.15, -0.1) is 12.4 Å². The molecule has 0 saturated carbocycles. The minimum Gasteiger partial charge on any atom is -0.351 e. The minimum atomic E-state index is -0.483. The zero-order valence-corrected chi connectivity index (χ0v) is 15.8. The van der Waals surface area contributed by atoms with Crippen LogP contribution >= 0.6 is 12.4 Å². The van der Waals surface area contributed by atoms with Crippen LogP contribution in [0.5, 0.6) is 0 Å². The molecule has 0 bridgehead atoms. The molecule has 0 spiro atoms. The number of benzene rings is 1. The van der Waals surface area contributed by atoms with Crippen LogP contribution in [-0.4, -0.2) is 36.0 Å². The molecule has 1 fully saturated rings. The summed E-state index contributed by atoms with van der Waals surface area (Å²) in [6.45, 7) is 6.11. The molecular weight excluding hydrogens is 340 g/mol. The van der Waals surface area contributed by atoms with Crippen molar-refractivity contribution >= 4 is 30.0 Å². The molecule has 25 heavy (non-hydrogen) atoms. The van der Waals surface area contributed by atoms with Gasteiger partial charge in [-0.2, -0.15) is 0 Å². The van der Waals surface area contributed by atoms with E-state index in [1.807, 2.05) is 43.0 Å². The molecular formula is C18H29ClN4O2. The Morgan fingerprint density at radius 3 is 2.56 bits per heavy atom. The average molecular weight is 369 g/mol. The van der Waals surface area contributed by atoms with Gasteiger partial charge in [0, 0.05) is 25.3 Å². The summed E-state index contributed by atoms with van der Waals surface area (Å²) in [6, 6.07) is 6.97. The van der Waals surface area contributed by atoms with Crippen molar-refractivity contribution in [2.75, 3.05) is 18.4 Å². The normalized spacial score (nSPS) is 14.8. The number of carbonyl (C=O) groups excluding carboxylic acids is 2. The average Bonchev–Trinajstić information content (AvgIpc) is 3.07. The van der Waals surface area contributed by atoms with Crippen molar-refractivity contribution in [3.05, 3.63) is 29.8 Å². The lowest BCUT2D eigenvalue weighted by molar-refractivity contribution is -0.122. The van der Waals surface area contributed by atoms with Gasteiger partial charge in [0.15, 0.2) is 0 Å². The fourth-order valence-electron chi connectivity index (χ4n) is 2.82. The van der Waals surface area contributed by atoms with E-state index in [2.05, 4.69) is 10.6 Å². The topological polar surface area (TPSA) is 87.5 Å². The van der Waals surface area contributed by atoms with Crippen LogP contribution in [0, 0.1) is 5.92 Å². The molecule has 1 heterocycles. The molecule has 1 atom stereocenters. The molecule has 2 rings (SSSR count). The first-order valence-electron chi connectivity index (χ1n) is 8.64. The van der Waals surface area contributed by atoms with Gasteiger partial charge in [-0.05, 0) is 42.9 Å². The number of amides is 3. The molecule has 6 nitrogen and oxygen atoms in total. The van der Waals surface area contributed by atoms with Gasteiger partial charge in [-0.1, -0.05) is 26.0 Å². The third-order valence-corrected chi connectivity index (χ3v) is 4.10. The van der Waals surface area contributed by atoms with Crippen molar-refractivity contribution in [1.29, 1.82) is 0 Å². The van der Waals surface area contributed by atoms with Crippen LogP contribution in [0.3, 0.4) is 0 Å². The van der Waals surface area contributed by atoms with E-state index < -0.39 is 6.04 Å². The highest BCUT2D eigenvalue weighted by Crippen LogP contribution is 2.14.